The average Bonchev–Trinajstić information content (AvgIpc) is 2.82. The highest BCUT2D eigenvalue weighted by atomic mass is 15.3. The summed E-state index contributed by atoms with van der Waals surface area (Å²) in [6, 6.07) is 6.47. The summed E-state index contributed by atoms with van der Waals surface area (Å²) in [4.78, 5) is 4.05. The molecular formula is C14H20N4. The molecule has 18 heavy (non-hydrogen) atoms. The van der Waals surface area contributed by atoms with Gasteiger partial charge in [0.05, 0.1) is 11.7 Å². The minimum atomic E-state index is 0.272. The lowest BCUT2D eigenvalue weighted by molar-refractivity contribution is 0.510. The van der Waals surface area contributed by atoms with Gasteiger partial charge in [-0.25, -0.2) is 0 Å². The number of rotatable bonds is 6. The first kappa shape index (κ1) is 12.8. The molecule has 0 radical (unpaired) electrons. The van der Waals surface area contributed by atoms with Crippen molar-refractivity contribution in [2.24, 2.45) is 7.05 Å². The molecule has 96 valence electrons. The van der Waals surface area contributed by atoms with Gasteiger partial charge in [0, 0.05) is 25.6 Å². The molecule has 1 unspecified atom stereocenters. The second kappa shape index (κ2) is 6.31. The maximum atomic E-state index is 4.50. The Morgan fingerprint density at radius 2 is 2.06 bits per heavy atom. The molecule has 0 saturated heterocycles. The third-order valence-electron chi connectivity index (χ3n) is 2.92. The fourth-order valence-corrected chi connectivity index (χ4v) is 1.97. The molecule has 2 rings (SSSR count). The van der Waals surface area contributed by atoms with E-state index in [2.05, 4.69) is 40.5 Å². The van der Waals surface area contributed by atoms with Gasteiger partial charge in [-0.1, -0.05) is 6.92 Å². The number of aromatic nitrogens is 3. The standard InChI is InChI=1S/C14H20N4/c1-3-7-16-14(13-6-10-18(2)17-13)11-12-4-8-15-9-5-12/h4-6,8-10,14,16H,3,7,11H2,1-2H3. The number of aryl methyl sites for hydroxylation is 1. The Morgan fingerprint density at radius 1 is 1.28 bits per heavy atom. The number of hydrogen-bond donors (Lipinski definition) is 1. The summed E-state index contributed by atoms with van der Waals surface area (Å²) in [5.74, 6) is 0. The number of hydrogen-bond acceptors (Lipinski definition) is 3. The predicted molar refractivity (Wildman–Crippen MR) is 72.2 cm³/mol. The van der Waals surface area contributed by atoms with Crippen LogP contribution in [0.2, 0.25) is 0 Å². The van der Waals surface area contributed by atoms with Gasteiger partial charge in [-0.2, -0.15) is 5.10 Å². The molecule has 0 aromatic carbocycles. The van der Waals surface area contributed by atoms with Crippen LogP contribution in [0.4, 0.5) is 0 Å². The Hall–Kier alpha value is -1.68. The lowest BCUT2D eigenvalue weighted by atomic mass is 10.0. The zero-order chi connectivity index (χ0) is 12.8. The molecule has 2 heterocycles. The highest BCUT2D eigenvalue weighted by Gasteiger charge is 2.13. The highest BCUT2D eigenvalue weighted by Crippen LogP contribution is 2.16. The second-order valence-electron chi connectivity index (χ2n) is 4.48. The van der Waals surface area contributed by atoms with E-state index in [-0.39, 0.29) is 6.04 Å². The molecule has 2 aromatic heterocycles. The van der Waals surface area contributed by atoms with Gasteiger partial charge in [-0.3, -0.25) is 9.67 Å². The Morgan fingerprint density at radius 3 is 2.67 bits per heavy atom. The third kappa shape index (κ3) is 3.40. The maximum absolute atomic E-state index is 4.50. The lowest BCUT2D eigenvalue weighted by Gasteiger charge is -2.16. The van der Waals surface area contributed by atoms with Crippen molar-refractivity contribution < 1.29 is 0 Å². The third-order valence-corrected chi connectivity index (χ3v) is 2.92. The molecule has 0 spiro atoms. The maximum Gasteiger partial charge on any atom is 0.0797 e. The van der Waals surface area contributed by atoms with Crippen LogP contribution in [0.1, 0.15) is 30.6 Å². The summed E-state index contributed by atoms with van der Waals surface area (Å²) >= 11 is 0. The van der Waals surface area contributed by atoms with Gasteiger partial charge in [0.25, 0.3) is 0 Å². The molecule has 0 fully saturated rings. The van der Waals surface area contributed by atoms with Crippen molar-refractivity contribution in [3.63, 3.8) is 0 Å². The smallest absolute Gasteiger partial charge is 0.0797 e. The van der Waals surface area contributed by atoms with E-state index in [0.29, 0.717) is 0 Å². The molecule has 0 bridgehead atoms. The minimum absolute atomic E-state index is 0.272. The Balaban J connectivity index is 2.10. The van der Waals surface area contributed by atoms with Crippen LogP contribution in [0.25, 0.3) is 0 Å². The van der Waals surface area contributed by atoms with Gasteiger partial charge in [-0.15, -0.1) is 0 Å². The van der Waals surface area contributed by atoms with Crippen molar-refractivity contribution in [2.45, 2.75) is 25.8 Å². The van der Waals surface area contributed by atoms with Crippen molar-refractivity contribution in [3.8, 4) is 0 Å². The van der Waals surface area contributed by atoms with Gasteiger partial charge in [0.1, 0.15) is 0 Å². The van der Waals surface area contributed by atoms with E-state index in [1.54, 1.807) is 0 Å². The van der Waals surface area contributed by atoms with E-state index in [0.717, 1.165) is 25.1 Å². The normalized spacial score (nSPS) is 12.6. The van der Waals surface area contributed by atoms with E-state index in [1.165, 1.54) is 5.56 Å². The zero-order valence-corrected chi connectivity index (χ0v) is 11.0. The van der Waals surface area contributed by atoms with Gasteiger partial charge in [-0.05, 0) is 43.1 Å². The average molecular weight is 244 g/mol. The van der Waals surface area contributed by atoms with E-state index in [9.17, 15) is 0 Å². The van der Waals surface area contributed by atoms with Crippen molar-refractivity contribution in [2.75, 3.05) is 6.54 Å². The molecule has 0 aliphatic carbocycles. The molecule has 4 nitrogen and oxygen atoms in total. The highest BCUT2D eigenvalue weighted by molar-refractivity contribution is 5.16. The number of nitrogens with zero attached hydrogens (tertiary/aromatic N) is 3. The van der Waals surface area contributed by atoms with Crippen LogP contribution in [-0.2, 0) is 13.5 Å². The van der Waals surface area contributed by atoms with E-state index in [4.69, 9.17) is 0 Å². The Labute approximate surface area is 108 Å². The fraction of sp³-hybridized carbons (Fsp3) is 0.429. The summed E-state index contributed by atoms with van der Waals surface area (Å²) in [7, 11) is 1.95. The summed E-state index contributed by atoms with van der Waals surface area (Å²) < 4.78 is 1.85. The SMILES string of the molecule is CCCNC(Cc1ccncc1)c1ccn(C)n1. The predicted octanol–water partition coefficient (Wildman–Crippen LogP) is 2.10. The fourth-order valence-electron chi connectivity index (χ4n) is 1.97. The van der Waals surface area contributed by atoms with E-state index >= 15 is 0 Å². The van der Waals surface area contributed by atoms with Crippen LogP contribution >= 0.6 is 0 Å². The van der Waals surface area contributed by atoms with E-state index < -0.39 is 0 Å². The van der Waals surface area contributed by atoms with Crippen LogP contribution < -0.4 is 5.32 Å². The lowest BCUT2D eigenvalue weighted by Crippen LogP contribution is -2.24. The summed E-state index contributed by atoms with van der Waals surface area (Å²) in [5, 5.41) is 8.05. The van der Waals surface area contributed by atoms with Crippen molar-refractivity contribution >= 4 is 0 Å². The molecule has 1 atom stereocenters. The molecule has 0 aliphatic heterocycles. The molecular weight excluding hydrogens is 224 g/mol. The van der Waals surface area contributed by atoms with Gasteiger partial charge in [0.15, 0.2) is 0 Å². The summed E-state index contributed by atoms with van der Waals surface area (Å²) in [5.41, 5.74) is 2.38. The Kier molecular flexibility index (Phi) is 4.47. The van der Waals surface area contributed by atoms with Gasteiger partial charge >= 0.3 is 0 Å². The van der Waals surface area contributed by atoms with Gasteiger partial charge < -0.3 is 5.32 Å². The first-order chi connectivity index (χ1) is 8.79. The van der Waals surface area contributed by atoms with Crippen LogP contribution in [0.15, 0.2) is 36.8 Å². The monoisotopic (exact) mass is 244 g/mol. The van der Waals surface area contributed by atoms with Crippen LogP contribution in [-0.4, -0.2) is 21.3 Å². The van der Waals surface area contributed by atoms with Crippen molar-refractivity contribution in [1.82, 2.24) is 20.1 Å². The molecule has 0 aliphatic rings. The summed E-state index contributed by atoms with van der Waals surface area (Å²) in [6.45, 7) is 3.18. The largest absolute Gasteiger partial charge is 0.308 e. The van der Waals surface area contributed by atoms with Crippen molar-refractivity contribution in [1.29, 1.82) is 0 Å². The molecule has 1 N–H and O–H groups in total. The van der Waals surface area contributed by atoms with Gasteiger partial charge in [0.2, 0.25) is 0 Å². The number of pyridine rings is 1. The van der Waals surface area contributed by atoms with Crippen LogP contribution in [0.3, 0.4) is 0 Å². The summed E-state index contributed by atoms with van der Waals surface area (Å²) in [6.07, 6.45) is 7.73. The first-order valence-electron chi connectivity index (χ1n) is 6.41. The van der Waals surface area contributed by atoms with Crippen molar-refractivity contribution in [3.05, 3.63) is 48.0 Å². The minimum Gasteiger partial charge on any atom is -0.308 e. The molecule has 0 amide bonds. The first-order valence-corrected chi connectivity index (χ1v) is 6.41. The van der Waals surface area contributed by atoms with Crippen LogP contribution in [0, 0.1) is 0 Å². The quantitative estimate of drug-likeness (QED) is 0.846. The number of nitrogens with one attached hydrogen (secondary N) is 1. The van der Waals surface area contributed by atoms with E-state index in [1.807, 2.05) is 30.3 Å². The Bertz CT molecular complexity index is 464. The molecule has 0 saturated carbocycles. The zero-order valence-electron chi connectivity index (χ0n) is 11.0. The molecule has 2 aromatic rings. The topological polar surface area (TPSA) is 42.7 Å². The van der Waals surface area contributed by atoms with Crippen LogP contribution in [0.5, 0.6) is 0 Å². The molecule has 4 heteroatoms. The second-order valence-corrected chi connectivity index (χ2v) is 4.48.